The lowest BCUT2D eigenvalue weighted by atomic mass is 10.2. The summed E-state index contributed by atoms with van der Waals surface area (Å²) in [6.07, 6.45) is 0. The van der Waals surface area contributed by atoms with E-state index in [0.717, 1.165) is 3.79 Å². The second-order valence-electron chi connectivity index (χ2n) is 1.97. The Balaban J connectivity index is 0.000000810. The highest BCUT2D eigenvalue weighted by atomic mass is 79.9. The quantitative estimate of drug-likeness (QED) is 0.805. The molecule has 0 aromatic carbocycles. The summed E-state index contributed by atoms with van der Waals surface area (Å²) < 4.78 is 1.15. The predicted molar refractivity (Wildman–Crippen MR) is 51.9 cm³/mol. The minimum atomic E-state index is 0. The predicted octanol–water partition coefficient (Wildman–Crippen LogP) is 2.95. The minimum Gasteiger partial charge on any atom is -0.324 e. The Morgan fingerprint density at radius 1 is 1.70 bits per heavy atom. The van der Waals surface area contributed by atoms with E-state index in [0.29, 0.717) is 0 Å². The van der Waals surface area contributed by atoms with Crippen LogP contribution in [-0.2, 0) is 0 Å². The zero-order valence-corrected chi connectivity index (χ0v) is 8.72. The first-order valence-electron chi connectivity index (χ1n) is 2.69. The largest absolute Gasteiger partial charge is 0.324 e. The fourth-order valence-electron chi connectivity index (χ4n) is 0.562. The molecule has 1 rings (SSSR count). The Labute approximate surface area is 79.2 Å². The highest BCUT2D eigenvalue weighted by molar-refractivity contribution is 9.11. The smallest absolute Gasteiger partial charge is 0.0701 e. The van der Waals surface area contributed by atoms with Crippen molar-refractivity contribution in [1.29, 1.82) is 0 Å². The van der Waals surface area contributed by atoms with Crippen LogP contribution in [0.25, 0.3) is 0 Å². The van der Waals surface area contributed by atoms with Gasteiger partial charge in [0.05, 0.1) is 3.79 Å². The van der Waals surface area contributed by atoms with E-state index >= 15 is 0 Å². The monoisotopic (exact) mass is 241 g/mol. The average molecular weight is 243 g/mol. The fraction of sp³-hybridized carbons (Fsp3) is 0.333. The highest BCUT2D eigenvalue weighted by Gasteiger charge is 1.99. The van der Waals surface area contributed by atoms with E-state index in [2.05, 4.69) is 27.4 Å². The molecule has 0 saturated heterocycles. The van der Waals surface area contributed by atoms with Crippen molar-refractivity contribution < 1.29 is 0 Å². The molecule has 0 aliphatic rings. The molecular weight excluding hydrogens is 233 g/mol. The van der Waals surface area contributed by atoms with E-state index in [1.165, 1.54) is 5.56 Å². The maximum absolute atomic E-state index is 5.61. The molecule has 1 atom stereocenters. The van der Waals surface area contributed by atoms with Crippen molar-refractivity contribution >= 4 is 39.7 Å². The van der Waals surface area contributed by atoms with Gasteiger partial charge in [0.1, 0.15) is 0 Å². The van der Waals surface area contributed by atoms with Crippen LogP contribution in [0.5, 0.6) is 0 Å². The molecule has 10 heavy (non-hydrogen) atoms. The first kappa shape index (κ1) is 10.4. The molecule has 0 amide bonds. The Morgan fingerprint density at radius 2 is 2.30 bits per heavy atom. The summed E-state index contributed by atoms with van der Waals surface area (Å²) in [6, 6.07) is 2.21. The Kier molecular flexibility index (Phi) is 4.52. The number of nitrogens with two attached hydrogens (primary N) is 1. The third-order valence-corrected chi connectivity index (χ3v) is 2.64. The molecule has 58 valence electrons. The van der Waals surface area contributed by atoms with E-state index in [1.807, 2.05) is 6.92 Å². The number of halogens is 2. The van der Waals surface area contributed by atoms with Gasteiger partial charge in [-0.05, 0) is 39.9 Å². The van der Waals surface area contributed by atoms with E-state index in [4.69, 9.17) is 5.73 Å². The lowest BCUT2D eigenvalue weighted by molar-refractivity contribution is 0.822. The number of hydrogen-bond donors (Lipinski definition) is 1. The highest BCUT2D eigenvalue weighted by Crippen LogP contribution is 2.23. The number of hydrogen-bond acceptors (Lipinski definition) is 2. The standard InChI is InChI=1S/C6H8BrNS.ClH/c1-4(8)5-2-6(7)9-3-5;/h2-4H,8H2,1H3;1H. The van der Waals surface area contributed by atoms with Gasteiger partial charge in [0, 0.05) is 6.04 Å². The molecule has 0 fully saturated rings. The van der Waals surface area contributed by atoms with Crippen molar-refractivity contribution in [1.82, 2.24) is 0 Å². The zero-order valence-electron chi connectivity index (χ0n) is 5.50. The summed E-state index contributed by atoms with van der Waals surface area (Å²) in [5, 5.41) is 2.06. The molecule has 1 aromatic heterocycles. The molecular formula is C6H9BrClNS. The van der Waals surface area contributed by atoms with Gasteiger partial charge in [-0.1, -0.05) is 0 Å². The summed E-state index contributed by atoms with van der Waals surface area (Å²) >= 11 is 5.03. The molecule has 2 N–H and O–H groups in total. The maximum Gasteiger partial charge on any atom is 0.0701 e. The molecule has 1 heterocycles. The lowest BCUT2D eigenvalue weighted by Crippen LogP contribution is -2.02. The molecule has 0 saturated carbocycles. The number of rotatable bonds is 1. The molecule has 1 nitrogen and oxygen atoms in total. The van der Waals surface area contributed by atoms with Crippen molar-refractivity contribution in [2.24, 2.45) is 5.73 Å². The van der Waals surface area contributed by atoms with Crippen LogP contribution in [0, 0.1) is 0 Å². The van der Waals surface area contributed by atoms with Gasteiger partial charge in [-0.25, -0.2) is 0 Å². The van der Waals surface area contributed by atoms with Gasteiger partial charge in [0.25, 0.3) is 0 Å². The van der Waals surface area contributed by atoms with Gasteiger partial charge < -0.3 is 5.73 Å². The van der Waals surface area contributed by atoms with Crippen molar-refractivity contribution in [2.45, 2.75) is 13.0 Å². The Morgan fingerprint density at radius 3 is 2.50 bits per heavy atom. The minimum absolute atomic E-state index is 0. The van der Waals surface area contributed by atoms with E-state index in [1.54, 1.807) is 11.3 Å². The van der Waals surface area contributed by atoms with Crippen LogP contribution in [0.4, 0.5) is 0 Å². The molecule has 1 unspecified atom stereocenters. The van der Waals surface area contributed by atoms with Crippen LogP contribution < -0.4 is 5.73 Å². The van der Waals surface area contributed by atoms with Crippen LogP contribution in [0.15, 0.2) is 15.2 Å². The molecule has 0 aliphatic heterocycles. The molecule has 4 heteroatoms. The van der Waals surface area contributed by atoms with Crippen LogP contribution in [0.1, 0.15) is 18.5 Å². The SMILES string of the molecule is CC(N)c1csc(Br)c1.Cl. The average Bonchev–Trinajstić information content (AvgIpc) is 2.14. The third kappa shape index (κ3) is 2.58. The van der Waals surface area contributed by atoms with Crippen LogP contribution in [0.3, 0.4) is 0 Å². The van der Waals surface area contributed by atoms with E-state index in [9.17, 15) is 0 Å². The molecule has 0 aliphatic carbocycles. The molecule has 1 aromatic rings. The van der Waals surface area contributed by atoms with Crippen LogP contribution in [-0.4, -0.2) is 0 Å². The molecule has 0 bridgehead atoms. The van der Waals surface area contributed by atoms with E-state index in [-0.39, 0.29) is 18.4 Å². The maximum atomic E-state index is 5.61. The summed E-state index contributed by atoms with van der Waals surface area (Å²) in [5.41, 5.74) is 6.81. The summed E-state index contributed by atoms with van der Waals surface area (Å²) in [7, 11) is 0. The third-order valence-electron chi connectivity index (χ3n) is 1.11. The second-order valence-corrected chi connectivity index (χ2v) is 4.26. The number of thiophene rings is 1. The van der Waals surface area contributed by atoms with Crippen LogP contribution in [0.2, 0.25) is 0 Å². The first-order valence-corrected chi connectivity index (χ1v) is 4.37. The Bertz CT molecular complexity index is 199. The van der Waals surface area contributed by atoms with Gasteiger partial charge in [-0.3, -0.25) is 0 Å². The summed E-state index contributed by atoms with van der Waals surface area (Å²) in [5.74, 6) is 0. The molecule has 0 spiro atoms. The summed E-state index contributed by atoms with van der Waals surface area (Å²) in [4.78, 5) is 0. The summed E-state index contributed by atoms with van der Waals surface area (Å²) in [6.45, 7) is 1.98. The topological polar surface area (TPSA) is 26.0 Å². The van der Waals surface area contributed by atoms with E-state index < -0.39 is 0 Å². The first-order chi connectivity index (χ1) is 4.20. The van der Waals surface area contributed by atoms with Gasteiger partial charge in [0.2, 0.25) is 0 Å². The lowest BCUT2D eigenvalue weighted by Gasteiger charge is -1.97. The van der Waals surface area contributed by atoms with Crippen molar-refractivity contribution in [3.05, 3.63) is 20.8 Å². The van der Waals surface area contributed by atoms with Crippen LogP contribution >= 0.6 is 39.7 Å². The Hall–Kier alpha value is 0.430. The molecule has 0 radical (unpaired) electrons. The zero-order chi connectivity index (χ0) is 6.85. The normalized spacial score (nSPS) is 12.3. The van der Waals surface area contributed by atoms with Gasteiger partial charge in [0.15, 0.2) is 0 Å². The fourth-order valence-corrected chi connectivity index (χ4v) is 1.84. The van der Waals surface area contributed by atoms with Gasteiger partial charge in [-0.15, -0.1) is 23.7 Å². The van der Waals surface area contributed by atoms with Crippen molar-refractivity contribution in [2.75, 3.05) is 0 Å². The van der Waals surface area contributed by atoms with Gasteiger partial charge >= 0.3 is 0 Å². The van der Waals surface area contributed by atoms with Crippen molar-refractivity contribution in [3.63, 3.8) is 0 Å². The van der Waals surface area contributed by atoms with Crippen molar-refractivity contribution in [3.8, 4) is 0 Å². The van der Waals surface area contributed by atoms with Gasteiger partial charge in [-0.2, -0.15) is 0 Å². The second kappa shape index (κ2) is 4.34.